The summed E-state index contributed by atoms with van der Waals surface area (Å²) in [4.78, 5) is 30.4. The molecule has 0 spiro atoms. The van der Waals surface area contributed by atoms with E-state index in [2.05, 4.69) is 4.90 Å². The molecule has 0 saturated carbocycles. The third-order valence-corrected chi connectivity index (χ3v) is 3.87. The minimum absolute atomic E-state index is 0.0259. The van der Waals surface area contributed by atoms with Crippen LogP contribution < -0.4 is 0 Å². The Hall–Kier alpha value is -1.88. The smallest absolute Gasteiger partial charge is 0.254 e. The molecule has 1 aromatic rings. The second kappa shape index (κ2) is 6.26. The number of benzene rings is 1. The molecule has 1 aliphatic heterocycles. The molecule has 0 N–H and O–H groups in total. The predicted octanol–water partition coefficient (Wildman–Crippen LogP) is 0.839. The molecule has 1 aromatic carbocycles. The van der Waals surface area contributed by atoms with E-state index in [0.29, 0.717) is 18.7 Å². The largest absolute Gasteiger partial charge is 0.347 e. The van der Waals surface area contributed by atoms with E-state index in [1.807, 2.05) is 38.2 Å². The lowest BCUT2D eigenvalue weighted by Crippen LogP contribution is -2.59. The van der Waals surface area contributed by atoms with Crippen LogP contribution in [0.3, 0.4) is 0 Å². The third kappa shape index (κ3) is 3.42. The molecule has 5 nitrogen and oxygen atoms in total. The maximum absolute atomic E-state index is 12.7. The first-order valence-corrected chi connectivity index (χ1v) is 7.17. The Labute approximate surface area is 126 Å². The summed E-state index contributed by atoms with van der Waals surface area (Å²) >= 11 is 0. The molecule has 0 radical (unpaired) electrons. The van der Waals surface area contributed by atoms with Crippen LogP contribution >= 0.6 is 0 Å². The number of aryl methyl sites for hydroxylation is 1. The average Bonchev–Trinajstić information content (AvgIpc) is 2.46. The minimum Gasteiger partial charge on any atom is -0.347 e. The highest BCUT2D eigenvalue weighted by atomic mass is 16.2. The number of hydrogen-bond acceptors (Lipinski definition) is 3. The van der Waals surface area contributed by atoms with Gasteiger partial charge >= 0.3 is 0 Å². The Kier molecular flexibility index (Phi) is 4.63. The van der Waals surface area contributed by atoms with Gasteiger partial charge in [-0.3, -0.25) is 9.59 Å². The van der Waals surface area contributed by atoms with Crippen LogP contribution in [-0.4, -0.2) is 73.3 Å². The first-order valence-electron chi connectivity index (χ1n) is 7.17. The van der Waals surface area contributed by atoms with Gasteiger partial charge in [0.1, 0.15) is 6.04 Å². The van der Waals surface area contributed by atoms with Crippen molar-refractivity contribution in [1.29, 1.82) is 0 Å². The summed E-state index contributed by atoms with van der Waals surface area (Å²) in [7, 11) is 5.43. The lowest BCUT2D eigenvalue weighted by atomic mass is 10.1. The highest BCUT2D eigenvalue weighted by Gasteiger charge is 2.35. The maximum atomic E-state index is 12.7. The summed E-state index contributed by atoms with van der Waals surface area (Å²) in [5.74, 6) is -0.0923. The van der Waals surface area contributed by atoms with Gasteiger partial charge in [-0.15, -0.1) is 0 Å². The van der Waals surface area contributed by atoms with Crippen LogP contribution in [0.1, 0.15) is 15.9 Å². The van der Waals surface area contributed by atoms with Gasteiger partial charge in [-0.25, -0.2) is 0 Å². The number of hydrogen-bond donors (Lipinski definition) is 0. The van der Waals surface area contributed by atoms with E-state index >= 15 is 0 Å². The van der Waals surface area contributed by atoms with Gasteiger partial charge in [0.25, 0.3) is 5.91 Å². The molecule has 0 aromatic heterocycles. The van der Waals surface area contributed by atoms with Gasteiger partial charge in [-0.2, -0.15) is 0 Å². The monoisotopic (exact) mass is 289 g/mol. The van der Waals surface area contributed by atoms with Gasteiger partial charge in [0.15, 0.2) is 0 Å². The summed E-state index contributed by atoms with van der Waals surface area (Å²) in [6.45, 7) is 3.93. The summed E-state index contributed by atoms with van der Waals surface area (Å²) in [6, 6.07) is 7.09. The molecule has 0 aliphatic carbocycles. The van der Waals surface area contributed by atoms with Gasteiger partial charge in [-0.05, 0) is 26.1 Å². The Bertz CT molecular complexity index is 525. The summed E-state index contributed by atoms with van der Waals surface area (Å²) in [6.07, 6.45) is 0. The van der Waals surface area contributed by atoms with Crippen LogP contribution in [0, 0.1) is 6.92 Å². The van der Waals surface area contributed by atoms with Crippen LogP contribution in [0.4, 0.5) is 0 Å². The van der Waals surface area contributed by atoms with Gasteiger partial charge in [0.05, 0.1) is 0 Å². The lowest BCUT2D eigenvalue weighted by Gasteiger charge is -2.40. The van der Waals surface area contributed by atoms with E-state index in [4.69, 9.17) is 0 Å². The third-order valence-electron chi connectivity index (χ3n) is 3.87. The van der Waals surface area contributed by atoms with Gasteiger partial charge in [-0.1, -0.05) is 17.7 Å². The molecule has 1 heterocycles. The van der Waals surface area contributed by atoms with E-state index in [1.54, 1.807) is 23.9 Å². The lowest BCUT2D eigenvalue weighted by molar-refractivity contribution is -0.135. The van der Waals surface area contributed by atoms with Crippen LogP contribution in [-0.2, 0) is 4.79 Å². The molecule has 2 amide bonds. The zero-order chi connectivity index (χ0) is 15.6. The molecule has 1 aliphatic rings. The van der Waals surface area contributed by atoms with E-state index < -0.39 is 6.04 Å². The Morgan fingerprint density at radius 2 is 1.76 bits per heavy atom. The highest BCUT2D eigenvalue weighted by Crippen LogP contribution is 2.15. The Balaban J connectivity index is 2.24. The van der Waals surface area contributed by atoms with Crippen molar-refractivity contribution in [2.75, 3.05) is 40.8 Å². The first kappa shape index (κ1) is 15.5. The van der Waals surface area contributed by atoms with Crippen molar-refractivity contribution in [2.24, 2.45) is 0 Å². The topological polar surface area (TPSA) is 43.9 Å². The number of amides is 2. The van der Waals surface area contributed by atoms with Crippen LogP contribution in [0.15, 0.2) is 24.3 Å². The Morgan fingerprint density at radius 1 is 1.14 bits per heavy atom. The molecular weight excluding hydrogens is 266 g/mol. The van der Waals surface area contributed by atoms with Gasteiger partial charge in [0, 0.05) is 39.3 Å². The van der Waals surface area contributed by atoms with E-state index in [0.717, 1.165) is 12.1 Å². The second-order valence-corrected chi connectivity index (χ2v) is 5.88. The van der Waals surface area contributed by atoms with Crippen molar-refractivity contribution in [3.8, 4) is 0 Å². The first-order chi connectivity index (χ1) is 9.90. The van der Waals surface area contributed by atoms with Crippen molar-refractivity contribution in [2.45, 2.75) is 13.0 Å². The molecule has 1 atom stereocenters. The molecule has 5 heteroatoms. The number of carbonyl (C=O) groups is 2. The van der Waals surface area contributed by atoms with E-state index in [9.17, 15) is 9.59 Å². The van der Waals surface area contributed by atoms with Crippen molar-refractivity contribution in [3.05, 3.63) is 35.4 Å². The quantitative estimate of drug-likeness (QED) is 0.810. The number of carbonyl (C=O) groups excluding carboxylic acids is 2. The number of rotatable bonds is 2. The number of piperazine rings is 1. The summed E-state index contributed by atoms with van der Waals surface area (Å²) in [5.41, 5.74) is 1.76. The van der Waals surface area contributed by atoms with Crippen LogP contribution in [0.2, 0.25) is 0 Å². The number of likely N-dealkylation sites (N-methyl/N-ethyl adjacent to an activating group) is 2. The fraction of sp³-hybridized carbons (Fsp3) is 0.500. The molecule has 1 fully saturated rings. The summed E-state index contributed by atoms with van der Waals surface area (Å²) in [5, 5.41) is 0. The highest BCUT2D eigenvalue weighted by molar-refractivity contribution is 5.97. The van der Waals surface area contributed by atoms with Crippen molar-refractivity contribution in [3.63, 3.8) is 0 Å². The van der Waals surface area contributed by atoms with Crippen molar-refractivity contribution < 1.29 is 9.59 Å². The van der Waals surface area contributed by atoms with Crippen LogP contribution in [0.5, 0.6) is 0 Å². The average molecular weight is 289 g/mol. The molecule has 2 rings (SSSR count). The van der Waals surface area contributed by atoms with Gasteiger partial charge in [0.2, 0.25) is 5.91 Å². The zero-order valence-corrected chi connectivity index (χ0v) is 13.2. The second-order valence-electron chi connectivity index (χ2n) is 5.88. The Morgan fingerprint density at radius 3 is 2.33 bits per heavy atom. The molecule has 1 unspecified atom stereocenters. The number of nitrogens with zero attached hydrogens (tertiary/aromatic N) is 3. The standard InChI is InChI=1S/C16H23N3O2/c1-12-5-7-13(8-6-12)15(20)19-10-9-18(4)11-14(19)16(21)17(2)3/h5-8,14H,9-11H2,1-4H3. The van der Waals surface area contributed by atoms with E-state index in [-0.39, 0.29) is 11.8 Å². The SMILES string of the molecule is Cc1ccc(C(=O)N2CCN(C)CC2C(=O)N(C)C)cc1. The zero-order valence-electron chi connectivity index (χ0n) is 13.2. The van der Waals surface area contributed by atoms with Crippen molar-refractivity contribution in [1.82, 2.24) is 14.7 Å². The predicted molar refractivity (Wildman–Crippen MR) is 82.2 cm³/mol. The molecule has 114 valence electrons. The minimum atomic E-state index is -0.410. The normalized spacial score (nSPS) is 19.4. The molecule has 1 saturated heterocycles. The molecular formula is C16H23N3O2. The fourth-order valence-electron chi connectivity index (χ4n) is 2.53. The van der Waals surface area contributed by atoms with Gasteiger partial charge < -0.3 is 14.7 Å². The fourth-order valence-corrected chi connectivity index (χ4v) is 2.53. The molecule has 0 bridgehead atoms. The van der Waals surface area contributed by atoms with Crippen LogP contribution in [0.25, 0.3) is 0 Å². The van der Waals surface area contributed by atoms with Crippen molar-refractivity contribution >= 4 is 11.8 Å². The summed E-state index contributed by atoms with van der Waals surface area (Å²) < 4.78 is 0. The molecule has 21 heavy (non-hydrogen) atoms. The van der Waals surface area contributed by atoms with E-state index in [1.165, 1.54) is 0 Å². The maximum Gasteiger partial charge on any atom is 0.254 e.